The molecule has 2 aromatic rings. The summed E-state index contributed by atoms with van der Waals surface area (Å²) >= 11 is 5.80. The van der Waals surface area contributed by atoms with E-state index < -0.39 is 32.8 Å². The Bertz CT molecular complexity index is 1030. The number of hydrogen-bond donors (Lipinski definition) is 2. The van der Waals surface area contributed by atoms with Gasteiger partial charge in [0, 0.05) is 27.7 Å². The first-order chi connectivity index (χ1) is 13.2. The van der Waals surface area contributed by atoms with Crippen molar-refractivity contribution in [1.29, 1.82) is 0 Å². The molecule has 28 heavy (non-hydrogen) atoms. The molecule has 0 spiro atoms. The van der Waals surface area contributed by atoms with Gasteiger partial charge in [0.15, 0.2) is 0 Å². The summed E-state index contributed by atoms with van der Waals surface area (Å²) in [5, 5.41) is 13.7. The molecule has 0 aromatic heterocycles. The molecule has 0 heterocycles. The maximum absolute atomic E-state index is 12.8. The van der Waals surface area contributed by atoms with E-state index in [-0.39, 0.29) is 22.8 Å². The average molecular weight is 426 g/mol. The number of carbonyl (C=O) groups is 1. The topological polar surface area (TPSA) is 128 Å². The number of nitrogens with zero attached hydrogens (tertiary/aromatic N) is 1. The number of nitrogens with one attached hydrogen (secondary N) is 2. The van der Waals surface area contributed by atoms with E-state index in [0.29, 0.717) is 10.7 Å². The molecule has 1 saturated carbocycles. The fourth-order valence-electron chi connectivity index (χ4n) is 2.62. The normalized spacial score (nSPS) is 18.2. The summed E-state index contributed by atoms with van der Waals surface area (Å²) < 4.78 is 33.1. The molecule has 0 aliphatic heterocycles. The largest absolute Gasteiger partial charge is 0.495 e. The van der Waals surface area contributed by atoms with E-state index in [4.69, 9.17) is 16.3 Å². The van der Waals surface area contributed by atoms with Crippen molar-refractivity contribution in [3.8, 4) is 5.75 Å². The summed E-state index contributed by atoms with van der Waals surface area (Å²) in [7, 11) is -2.71. The lowest BCUT2D eigenvalue weighted by Gasteiger charge is -2.13. The molecule has 1 aliphatic carbocycles. The smallest absolute Gasteiger partial charge is 0.265 e. The molecule has 3 rings (SSSR count). The summed E-state index contributed by atoms with van der Waals surface area (Å²) in [6.45, 7) is 0. The van der Waals surface area contributed by atoms with Gasteiger partial charge < -0.3 is 10.1 Å². The zero-order valence-corrected chi connectivity index (χ0v) is 16.2. The predicted molar refractivity (Wildman–Crippen MR) is 103 cm³/mol. The van der Waals surface area contributed by atoms with Gasteiger partial charge in [0.1, 0.15) is 16.6 Å². The number of benzene rings is 2. The first kappa shape index (κ1) is 19.9. The van der Waals surface area contributed by atoms with Gasteiger partial charge in [-0.2, -0.15) is 0 Å². The number of methoxy groups -OCH3 is 1. The van der Waals surface area contributed by atoms with Gasteiger partial charge in [-0.15, -0.1) is 0 Å². The van der Waals surface area contributed by atoms with Crippen LogP contribution >= 0.6 is 11.6 Å². The molecule has 1 amide bonds. The SMILES string of the molecule is COc1ccc(NC(=O)[C@H]2C[C@@H]2[N+](=O)[O-])cc1S(=O)(=O)Nc1ccc(Cl)cc1. The minimum Gasteiger partial charge on any atom is -0.495 e. The van der Waals surface area contributed by atoms with Crippen molar-refractivity contribution in [3.63, 3.8) is 0 Å². The maximum atomic E-state index is 12.8. The Labute approximate surface area is 165 Å². The van der Waals surface area contributed by atoms with Crippen molar-refractivity contribution in [2.75, 3.05) is 17.1 Å². The lowest BCUT2D eigenvalue weighted by molar-refractivity contribution is -0.497. The monoisotopic (exact) mass is 425 g/mol. The first-order valence-electron chi connectivity index (χ1n) is 8.12. The Hall–Kier alpha value is -2.85. The van der Waals surface area contributed by atoms with Crippen LogP contribution in [0, 0.1) is 16.0 Å². The molecular weight excluding hydrogens is 410 g/mol. The van der Waals surface area contributed by atoms with E-state index in [1.165, 1.54) is 49.6 Å². The second kappa shape index (κ2) is 7.64. The summed E-state index contributed by atoms with van der Waals surface area (Å²) in [5.74, 6) is -1.17. The zero-order valence-electron chi connectivity index (χ0n) is 14.6. The van der Waals surface area contributed by atoms with Gasteiger partial charge in [0.05, 0.1) is 7.11 Å². The molecule has 148 valence electrons. The molecule has 0 unspecified atom stereocenters. The Morgan fingerprint density at radius 3 is 2.43 bits per heavy atom. The van der Waals surface area contributed by atoms with Crippen molar-refractivity contribution in [3.05, 3.63) is 57.6 Å². The minimum absolute atomic E-state index is 0.0778. The first-order valence-corrected chi connectivity index (χ1v) is 9.98. The van der Waals surface area contributed by atoms with Crippen LogP contribution in [-0.2, 0) is 14.8 Å². The van der Waals surface area contributed by atoms with E-state index in [0.717, 1.165) is 0 Å². The Morgan fingerprint density at radius 1 is 1.21 bits per heavy atom. The molecule has 2 N–H and O–H groups in total. The molecule has 1 fully saturated rings. The molecule has 1 aliphatic rings. The van der Waals surface area contributed by atoms with E-state index in [9.17, 15) is 23.3 Å². The summed E-state index contributed by atoms with van der Waals surface area (Å²) in [5.41, 5.74) is 0.490. The molecular formula is C17H16ClN3O6S. The Kier molecular flexibility index (Phi) is 5.43. The molecule has 0 saturated heterocycles. The Morgan fingerprint density at radius 2 is 1.86 bits per heavy atom. The highest BCUT2D eigenvalue weighted by Crippen LogP contribution is 2.35. The van der Waals surface area contributed by atoms with Gasteiger partial charge in [-0.3, -0.25) is 19.6 Å². The lowest BCUT2D eigenvalue weighted by Crippen LogP contribution is -2.19. The van der Waals surface area contributed by atoms with Crippen LogP contribution in [0.15, 0.2) is 47.4 Å². The van der Waals surface area contributed by atoms with Crippen LogP contribution in [0.1, 0.15) is 6.42 Å². The number of sulfonamides is 1. The molecule has 2 aromatic carbocycles. The van der Waals surface area contributed by atoms with Crippen molar-refractivity contribution < 1.29 is 22.9 Å². The van der Waals surface area contributed by atoms with Gasteiger partial charge in [-0.05, 0) is 42.5 Å². The van der Waals surface area contributed by atoms with Crippen LogP contribution < -0.4 is 14.8 Å². The molecule has 2 atom stereocenters. The molecule has 0 radical (unpaired) electrons. The van der Waals surface area contributed by atoms with Gasteiger partial charge >= 0.3 is 0 Å². The number of rotatable bonds is 7. The van der Waals surface area contributed by atoms with Crippen LogP contribution in [0.5, 0.6) is 5.75 Å². The van der Waals surface area contributed by atoms with E-state index in [1.807, 2.05) is 0 Å². The minimum atomic E-state index is -4.03. The highest BCUT2D eigenvalue weighted by Gasteiger charge is 2.53. The third-order valence-corrected chi connectivity index (χ3v) is 5.84. The van der Waals surface area contributed by atoms with Crippen molar-refractivity contribution in [1.82, 2.24) is 0 Å². The third-order valence-electron chi connectivity index (χ3n) is 4.18. The number of amides is 1. The summed E-state index contributed by atoms with van der Waals surface area (Å²) in [4.78, 5) is 22.1. The lowest BCUT2D eigenvalue weighted by atomic mass is 10.3. The second-order valence-electron chi connectivity index (χ2n) is 6.16. The van der Waals surface area contributed by atoms with Crippen molar-refractivity contribution in [2.45, 2.75) is 17.4 Å². The van der Waals surface area contributed by atoms with E-state index in [1.54, 1.807) is 0 Å². The van der Waals surface area contributed by atoms with Crippen LogP contribution in [0.3, 0.4) is 0 Å². The predicted octanol–water partition coefficient (Wildman–Crippen LogP) is 2.75. The maximum Gasteiger partial charge on any atom is 0.265 e. The average Bonchev–Trinajstić information content (AvgIpc) is 3.45. The van der Waals surface area contributed by atoms with Crippen LogP contribution in [-0.4, -0.2) is 32.4 Å². The number of hydrogen-bond acceptors (Lipinski definition) is 6. The van der Waals surface area contributed by atoms with Crippen LogP contribution in [0.4, 0.5) is 11.4 Å². The van der Waals surface area contributed by atoms with Crippen molar-refractivity contribution >= 4 is 38.9 Å². The molecule has 11 heteroatoms. The second-order valence-corrected chi connectivity index (χ2v) is 8.25. The quantitative estimate of drug-likeness (QED) is 0.518. The van der Waals surface area contributed by atoms with E-state index >= 15 is 0 Å². The number of nitro groups is 1. The number of carbonyl (C=O) groups excluding carboxylic acids is 1. The number of ether oxygens (including phenoxy) is 1. The summed E-state index contributed by atoms with van der Waals surface area (Å²) in [6, 6.07) is 9.27. The highest BCUT2D eigenvalue weighted by molar-refractivity contribution is 7.92. The zero-order chi connectivity index (χ0) is 20.5. The van der Waals surface area contributed by atoms with Gasteiger partial charge in [-0.25, -0.2) is 8.42 Å². The fourth-order valence-corrected chi connectivity index (χ4v) is 4.00. The van der Waals surface area contributed by atoms with E-state index in [2.05, 4.69) is 10.0 Å². The number of halogens is 1. The standard InChI is InChI=1S/C17H16ClN3O6S/c1-27-15-7-6-12(19-17(22)13-9-14(13)21(23)24)8-16(15)28(25,26)20-11-4-2-10(18)3-5-11/h2-8,13-14,20H,9H2,1H3,(H,19,22)/t13-,14-/m0/s1. The van der Waals surface area contributed by atoms with Crippen LogP contribution in [0.2, 0.25) is 5.02 Å². The van der Waals surface area contributed by atoms with Crippen molar-refractivity contribution in [2.24, 2.45) is 5.92 Å². The fraction of sp³-hybridized carbons (Fsp3) is 0.235. The number of anilines is 2. The highest BCUT2D eigenvalue weighted by atomic mass is 35.5. The van der Waals surface area contributed by atoms with Gasteiger partial charge in [0.2, 0.25) is 11.9 Å². The molecule has 9 nitrogen and oxygen atoms in total. The summed E-state index contributed by atoms with van der Waals surface area (Å²) in [6.07, 6.45) is 0.165. The van der Waals surface area contributed by atoms with Crippen LogP contribution in [0.25, 0.3) is 0 Å². The van der Waals surface area contributed by atoms with Gasteiger partial charge in [0.25, 0.3) is 10.0 Å². The van der Waals surface area contributed by atoms with Gasteiger partial charge in [-0.1, -0.05) is 11.6 Å². The molecule has 0 bridgehead atoms. The third kappa shape index (κ3) is 4.34. The Balaban J connectivity index is 1.83.